The van der Waals surface area contributed by atoms with Gasteiger partial charge in [0.2, 0.25) is 0 Å². The molecule has 2 aromatic rings. The van der Waals surface area contributed by atoms with E-state index < -0.39 is 17.8 Å². The number of ether oxygens (including phenoxy) is 3. The Morgan fingerprint density at radius 2 is 1.65 bits per heavy atom. The molecule has 0 heterocycles. The van der Waals surface area contributed by atoms with Gasteiger partial charge < -0.3 is 19.5 Å². The van der Waals surface area contributed by atoms with E-state index in [1.807, 2.05) is 6.07 Å². The second-order valence-corrected chi connectivity index (χ2v) is 4.70. The monoisotopic (exact) mass is 319 g/mol. The lowest BCUT2D eigenvalue weighted by atomic mass is 10.1. The van der Waals surface area contributed by atoms with E-state index in [-0.39, 0.29) is 11.4 Å². The predicted octanol–water partition coefficient (Wildman–Crippen LogP) is 3.17. The molecular formula is C17H18FNO4. The molecule has 0 unspecified atom stereocenters. The van der Waals surface area contributed by atoms with E-state index in [4.69, 9.17) is 14.2 Å². The third kappa shape index (κ3) is 3.78. The number of hydrogen-bond acceptors (Lipinski definition) is 4. The van der Waals surface area contributed by atoms with E-state index in [2.05, 4.69) is 5.32 Å². The third-order valence-corrected chi connectivity index (χ3v) is 3.31. The predicted molar refractivity (Wildman–Crippen MR) is 84.3 cm³/mol. The Kier molecular flexibility index (Phi) is 5.54. The number of rotatable bonds is 6. The number of carbonyl (C=O) groups is 1. The fourth-order valence-corrected chi connectivity index (χ4v) is 2.17. The molecule has 0 spiro atoms. The van der Waals surface area contributed by atoms with Gasteiger partial charge in [-0.2, -0.15) is 0 Å². The van der Waals surface area contributed by atoms with Gasteiger partial charge in [0.15, 0.2) is 23.4 Å². The lowest BCUT2D eigenvalue weighted by molar-refractivity contribution is -0.126. The first kappa shape index (κ1) is 16.8. The number of carbonyl (C=O) groups excluding carboxylic acids is 1. The van der Waals surface area contributed by atoms with Crippen molar-refractivity contribution in [2.75, 3.05) is 26.6 Å². The van der Waals surface area contributed by atoms with Crippen LogP contribution in [0.4, 0.5) is 10.1 Å². The lowest BCUT2D eigenvalue weighted by Gasteiger charge is -2.17. The molecule has 0 saturated heterocycles. The maximum Gasteiger partial charge on any atom is 0.258 e. The zero-order valence-corrected chi connectivity index (χ0v) is 13.1. The van der Waals surface area contributed by atoms with Crippen LogP contribution in [0.5, 0.6) is 11.5 Å². The number of methoxy groups -OCH3 is 3. The molecule has 1 atom stereocenters. The summed E-state index contributed by atoms with van der Waals surface area (Å²) in [4.78, 5) is 12.4. The Hall–Kier alpha value is -2.60. The second kappa shape index (κ2) is 7.60. The highest BCUT2D eigenvalue weighted by molar-refractivity contribution is 5.95. The van der Waals surface area contributed by atoms with Crippen molar-refractivity contribution >= 4 is 11.6 Å². The summed E-state index contributed by atoms with van der Waals surface area (Å²) in [6, 6.07) is 11.5. The van der Waals surface area contributed by atoms with Crippen LogP contribution >= 0.6 is 0 Å². The maximum atomic E-state index is 14.1. The highest BCUT2D eigenvalue weighted by Gasteiger charge is 2.22. The van der Waals surface area contributed by atoms with Crippen molar-refractivity contribution in [1.29, 1.82) is 0 Å². The molecule has 23 heavy (non-hydrogen) atoms. The summed E-state index contributed by atoms with van der Waals surface area (Å²) in [7, 11) is 4.26. The van der Waals surface area contributed by atoms with Gasteiger partial charge in [0.1, 0.15) is 0 Å². The Labute approximate surface area is 134 Å². The maximum absolute atomic E-state index is 14.1. The molecule has 122 valence electrons. The highest BCUT2D eigenvalue weighted by atomic mass is 19.1. The number of amides is 1. The number of hydrogen-bond donors (Lipinski definition) is 1. The van der Waals surface area contributed by atoms with E-state index in [9.17, 15) is 9.18 Å². The summed E-state index contributed by atoms with van der Waals surface area (Å²) in [5.74, 6) is -0.545. The molecule has 0 saturated carbocycles. The van der Waals surface area contributed by atoms with Gasteiger partial charge in [0.05, 0.1) is 19.9 Å². The average molecular weight is 319 g/mol. The molecule has 0 aliphatic heterocycles. The van der Waals surface area contributed by atoms with Gasteiger partial charge in [0, 0.05) is 19.2 Å². The summed E-state index contributed by atoms with van der Waals surface area (Å²) in [5, 5.41) is 2.51. The van der Waals surface area contributed by atoms with Crippen molar-refractivity contribution in [2.24, 2.45) is 0 Å². The van der Waals surface area contributed by atoms with Crippen LogP contribution in [0, 0.1) is 5.82 Å². The molecule has 0 aliphatic rings. The molecule has 2 aromatic carbocycles. The Morgan fingerprint density at radius 3 is 2.22 bits per heavy atom. The van der Waals surface area contributed by atoms with Crippen molar-refractivity contribution in [3.63, 3.8) is 0 Å². The SMILES string of the molecule is COc1cc(F)c(NC(=O)[C@@H](OC)c2ccccc2)cc1OC. The molecule has 1 N–H and O–H groups in total. The molecule has 0 aliphatic carbocycles. The van der Waals surface area contributed by atoms with E-state index in [0.717, 1.165) is 6.07 Å². The van der Waals surface area contributed by atoms with E-state index in [1.165, 1.54) is 27.4 Å². The van der Waals surface area contributed by atoms with Crippen molar-refractivity contribution in [3.8, 4) is 11.5 Å². The first-order valence-corrected chi connectivity index (χ1v) is 6.90. The molecule has 0 fully saturated rings. The minimum absolute atomic E-state index is 0.00867. The summed E-state index contributed by atoms with van der Waals surface area (Å²) in [5.41, 5.74) is 0.666. The Balaban J connectivity index is 2.25. The number of nitrogens with one attached hydrogen (secondary N) is 1. The average Bonchev–Trinajstić information content (AvgIpc) is 2.58. The third-order valence-electron chi connectivity index (χ3n) is 3.31. The molecule has 2 rings (SSSR count). The largest absolute Gasteiger partial charge is 0.493 e. The molecule has 6 heteroatoms. The van der Waals surface area contributed by atoms with Crippen LogP contribution in [0.1, 0.15) is 11.7 Å². The van der Waals surface area contributed by atoms with Crippen LogP contribution in [0.2, 0.25) is 0 Å². The second-order valence-electron chi connectivity index (χ2n) is 4.70. The zero-order valence-electron chi connectivity index (χ0n) is 13.1. The number of halogens is 1. The lowest BCUT2D eigenvalue weighted by Crippen LogP contribution is -2.23. The van der Waals surface area contributed by atoms with Crippen LogP contribution in [-0.4, -0.2) is 27.2 Å². The summed E-state index contributed by atoms with van der Waals surface area (Å²) in [6.45, 7) is 0. The van der Waals surface area contributed by atoms with Crippen molar-refractivity contribution in [1.82, 2.24) is 0 Å². The van der Waals surface area contributed by atoms with E-state index in [0.29, 0.717) is 11.3 Å². The molecule has 5 nitrogen and oxygen atoms in total. The van der Waals surface area contributed by atoms with Gasteiger partial charge >= 0.3 is 0 Å². The first-order chi connectivity index (χ1) is 11.1. The Morgan fingerprint density at radius 1 is 1.04 bits per heavy atom. The molecule has 0 radical (unpaired) electrons. The zero-order chi connectivity index (χ0) is 16.8. The summed E-state index contributed by atoms with van der Waals surface area (Å²) in [6.07, 6.45) is -0.844. The Bertz CT molecular complexity index is 676. The summed E-state index contributed by atoms with van der Waals surface area (Å²) < 4.78 is 29.4. The fourth-order valence-electron chi connectivity index (χ4n) is 2.17. The van der Waals surface area contributed by atoms with E-state index >= 15 is 0 Å². The quantitative estimate of drug-likeness (QED) is 0.888. The van der Waals surface area contributed by atoms with Crippen molar-refractivity contribution < 1.29 is 23.4 Å². The van der Waals surface area contributed by atoms with Gasteiger partial charge in [-0.25, -0.2) is 4.39 Å². The van der Waals surface area contributed by atoms with Gasteiger partial charge in [-0.1, -0.05) is 30.3 Å². The van der Waals surface area contributed by atoms with Crippen LogP contribution in [0.25, 0.3) is 0 Å². The molecule has 0 bridgehead atoms. The van der Waals surface area contributed by atoms with Crippen LogP contribution in [0.3, 0.4) is 0 Å². The molecular weight excluding hydrogens is 301 g/mol. The van der Waals surface area contributed by atoms with Crippen LogP contribution < -0.4 is 14.8 Å². The van der Waals surface area contributed by atoms with Crippen LogP contribution in [0.15, 0.2) is 42.5 Å². The first-order valence-electron chi connectivity index (χ1n) is 6.90. The minimum atomic E-state index is -0.844. The standard InChI is InChI=1S/C17H18FNO4/c1-21-14-9-12(18)13(10-15(14)22-2)19-17(20)16(23-3)11-7-5-4-6-8-11/h4-10,16H,1-3H3,(H,19,20)/t16-/m0/s1. The number of anilines is 1. The topological polar surface area (TPSA) is 56.8 Å². The highest BCUT2D eigenvalue weighted by Crippen LogP contribution is 2.33. The minimum Gasteiger partial charge on any atom is -0.493 e. The normalized spacial score (nSPS) is 11.7. The molecule has 1 amide bonds. The van der Waals surface area contributed by atoms with E-state index in [1.54, 1.807) is 24.3 Å². The van der Waals surface area contributed by atoms with Crippen LogP contribution in [-0.2, 0) is 9.53 Å². The number of benzene rings is 2. The van der Waals surface area contributed by atoms with Gasteiger partial charge in [0.25, 0.3) is 5.91 Å². The van der Waals surface area contributed by atoms with Crippen molar-refractivity contribution in [2.45, 2.75) is 6.10 Å². The fraction of sp³-hybridized carbons (Fsp3) is 0.235. The van der Waals surface area contributed by atoms with Crippen molar-refractivity contribution in [3.05, 3.63) is 53.8 Å². The smallest absolute Gasteiger partial charge is 0.258 e. The van der Waals surface area contributed by atoms with Gasteiger partial charge in [-0.15, -0.1) is 0 Å². The molecule has 0 aromatic heterocycles. The van der Waals surface area contributed by atoms with Gasteiger partial charge in [-0.3, -0.25) is 4.79 Å². The van der Waals surface area contributed by atoms with Gasteiger partial charge in [-0.05, 0) is 5.56 Å². The summed E-state index contributed by atoms with van der Waals surface area (Å²) >= 11 is 0.